The lowest BCUT2D eigenvalue weighted by Crippen LogP contribution is -2.34. The smallest absolute Gasteiger partial charge is 0.341 e. The van der Waals surface area contributed by atoms with Crippen molar-refractivity contribution >= 4 is 32.2 Å². The molecule has 0 bridgehead atoms. The molecule has 1 aromatic rings. The van der Waals surface area contributed by atoms with Gasteiger partial charge < -0.3 is 24.2 Å². The van der Waals surface area contributed by atoms with Gasteiger partial charge >= 0.3 is 19.5 Å². The van der Waals surface area contributed by atoms with Crippen molar-refractivity contribution in [3.63, 3.8) is 0 Å². The topological polar surface area (TPSA) is 147 Å². The van der Waals surface area contributed by atoms with Gasteiger partial charge in [0.15, 0.2) is 4.90 Å². The highest BCUT2D eigenvalue weighted by atomic mass is 31.2. The molecule has 0 spiro atoms. The van der Waals surface area contributed by atoms with E-state index in [-0.39, 0.29) is 42.5 Å². The molecular formula is C22H36O9P2. The first kappa shape index (κ1) is 29.5. The molecule has 0 heterocycles. The van der Waals surface area contributed by atoms with Gasteiger partial charge in [0.05, 0.1) is 18.9 Å². The van der Waals surface area contributed by atoms with Crippen molar-refractivity contribution in [3.8, 4) is 5.75 Å². The van der Waals surface area contributed by atoms with Crippen LogP contribution in [0.1, 0.15) is 73.3 Å². The molecule has 11 heteroatoms. The first-order chi connectivity index (χ1) is 15.0. The number of carboxylic acids is 1. The van der Waals surface area contributed by atoms with Gasteiger partial charge in [-0.3, -0.25) is 18.7 Å². The van der Waals surface area contributed by atoms with Crippen molar-refractivity contribution in [3.05, 3.63) is 23.8 Å². The molecule has 1 aromatic carbocycles. The molecule has 9 nitrogen and oxygen atoms in total. The first-order valence-corrected chi connectivity index (χ1v) is 14.2. The Hall–Kier alpha value is -1.50. The van der Waals surface area contributed by atoms with Crippen LogP contribution in [-0.4, -0.2) is 38.3 Å². The molecule has 0 aliphatic carbocycles. The minimum absolute atomic E-state index is 0.0363. The summed E-state index contributed by atoms with van der Waals surface area (Å²) in [4.78, 5) is 42.3. The first-order valence-electron chi connectivity index (χ1n) is 10.9. The van der Waals surface area contributed by atoms with E-state index < -0.39 is 43.1 Å². The van der Waals surface area contributed by atoms with Gasteiger partial charge in [0.25, 0.3) is 0 Å². The van der Waals surface area contributed by atoms with Crippen LogP contribution in [-0.2, 0) is 28.7 Å². The molecule has 33 heavy (non-hydrogen) atoms. The van der Waals surface area contributed by atoms with Gasteiger partial charge in [-0.2, -0.15) is 0 Å². The molecule has 0 aliphatic heterocycles. The molecule has 0 amide bonds. The van der Waals surface area contributed by atoms with Crippen LogP contribution in [0.15, 0.2) is 18.2 Å². The van der Waals surface area contributed by atoms with Crippen LogP contribution in [0, 0.1) is 5.92 Å². The van der Waals surface area contributed by atoms with Crippen molar-refractivity contribution < 1.29 is 42.9 Å². The molecule has 0 fully saturated rings. The summed E-state index contributed by atoms with van der Waals surface area (Å²) >= 11 is 0. The summed E-state index contributed by atoms with van der Waals surface area (Å²) in [6, 6.07) is 4.16. The molecule has 1 rings (SSSR count). The molecule has 0 radical (unpaired) electrons. The maximum atomic E-state index is 14.4. The average molecular weight is 506 g/mol. The molecule has 1 atom stereocenters. The Balaban J connectivity index is 3.95. The fourth-order valence-corrected chi connectivity index (χ4v) is 9.24. The Morgan fingerprint density at radius 2 is 1.61 bits per heavy atom. The third-order valence-corrected chi connectivity index (χ3v) is 12.4. The van der Waals surface area contributed by atoms with E-state index >= 15 is 0 Å². The zero-order chi connectivity index (χ0) is 25.8. The number of hydrogen-bond acceptors (Lipinski definition) is 6. The van der Waals surface area contributed by atoms with Gasteiger partial charge in [0, 0.05) is 16.3 Å². The summed E-state index contributed by atoms with van der Waals surface area (Å²) in [6.07, 6.45) is -0.543. The second-order valence-electron chi connectivity index (χ2n) is 8.91. The van der Waals surface area contributed by atoms with Gasteiger partial charge in [0.1, 0.15) is 5.75 Å². The number of aliphatic carboxylic acids is 1. The number of carbonyl (C=O) groups is 2. The zero-order valence-electron chi connectivity index (χ0n) is 20.3. The molecule has 3 N–H and O–H groups in total. The van der Waals surface area contributed by atoms with Crippen LogP contribution in [0.2, 0.25) is 0 Å². The number of carbonyl (C=O) groups excluding carboxylic acids is 1. The highest BCUT2D eigenvalue weighted by Gasteiger charge is 2.59. The van der Waals surface area contributed by atoms with Crippen LogP contribution < -0.4 is 10.0 Å². The Labute approximate surface area is 195 Å². The average Bonchev–Trinajstić information content (AvgIpc) is 2.67. The summed E-state index contributed by atoms with van der Waals surface area (Å²) in [6.45, 7) is 11.2. The maximum absolute atomic E-state index is 14.4. The van der Waals surface area contributed by atoms with Crippen LogP contribution in [0.25, 0.3) is 0 Å². The van der Waals surface area contributed by atoms with E-state index in [9.17, 15) is 33.6 Å². The summed E-state index contributed by atoms with van der Waals surface area (Å²) in [7, 11) is -9.11. The van der Waals surface area contributed by atoms with Crippen molar-refractivity contribution in [1.82, 2.24) is 0 Å². The molecule has 0 saturated carbocycles. The number of carboxylic acid groups (broad SMARTS) is 1. The predicted octanol–water partition coefficient (Wildman–Crippen LogP) is 4.63. The largest absolute Gasteiger partial charge is 0.481 e. The molecular weight excluding hydrogens is 470 g/mol. The Morgan fingerprint density at radius 3 is 2.00 bits per heavy atom. The highest BCUT2D eigenvalue weighted by molar-refractivity contribution is 7.80. The second kappa shape index (κ2) is 10.8. The van der Waals surface area contributed by atoms with E-state index in [0.717, 1.165) is 0 Å². The van der Waals surface area contributed by atoms with Crippen LogP contribution in [0.5, 0.6) is 5.75 Å². The van der Waals surface area contributed by atoms with Gasteiger partial charge in [-0.05, 0) is 38.0 Å². The molecule has 188 valence electrons. The van der Waals surface area contributed by atoms with E-state index in [1.807, 2.05) is 0 Å². The van der Waals surface area contributed by atoms with Crippen molar-refractivity contribution in [2.45, 2.75) is 78.0 Å². The second-order valence-corrected chi connectivity index (χ2v) is 13.9. The van der Waals surface area contributed by atoms with Crippen LogP contribution >= 0.6 is 15.0 Å². The summed E-state index contributed by atoms with van der Waals surface area (Å²) in [5.74, 6) is -1.97. The normalized spacial score (nSPS) is 14.7. The predicted molar refractivity (Wildman–Crippen MR) is 126 cm³/mol. The monoisotopic (exact) mass is 506 g/mol. The number of benzene rings is 1. The Bertz CT molecular complexity index is 959. The van der Waals surface area contributed by atoms with Crippen molar-refractivity contribution in [1.29, 1.82) is 0 Å². The Kier molecular flexibility index (Phi) is 9.69. The summed E-state index contributed by atoms with van der Waals surface area (Å²) < 4.78 is 38.1. The van der Waals surface area contributed by atoms with E-state index in [1.165, 1.54) is 18.2 Å². The molecule has 0 aliphatic rings. The summed E-state index contributed by atoms with van der Waals surface area (Å²) in [5, 5.41) is 9.44. The third-order valence-electron chi connectivity index (χ3n) is 5.84. The van der Waals surface area contributed by atoms with E-state index in [1.54, 1.807) is 48.5 Å². The number of esters is 1. The van der Waals surface area contributed by atoms with Crippen molar-refractivity contribution in [2.75, 3.05) is 6.61 Å². The van der Waals surface area contributed by atoms with E-state index in [4.69, 9.17) is 9.26 Å². The van der Waals surface area contributed by atoms with Crippen LogP contribution in [0.4, 0.5) is 0 Å². The lowest BCUT2D eigenvalue weighted by molar-refractivity contribution is -0.138. The molecule has 1 unspecified atom stereocenters. The van der Waals surface area contributed by atoms with Gasteiger partial charge in [-0.15, -0.1) is 0 Å². The molecule has 0 aromatic heterocycles. The SMILES string of the molecule is CCOP(=O)(c1ccc(OC(=O)C(C)C)c(C(C)(C)CC(=O)O)c1)C(CC)(CC)P(=O)(O)O. The van der Waals surface area contributed by atoms with Crippen molar-refractivity contribution in [2.24, 2.45) is 5.92 Å². The lowest BCUT2D eigenvalue weighted by Gasteiger charge is -2.39. The number of ether oxygens (including phenoxy) is 1. The van der Waals surface area contributed by atoms with Gasteiger partial charge in [-0.25, -0.2) is 0 Å². The third kappa shape index (κ3) is 5.95. The van der Waals surface area contributed by atoms with E-state index in [2.05, 4.69) is 0 Å². The highest BCUT2D eigenvalue weighted by Crippen LogP contribution is 2.75. The van der Waals surface area contributed by atoms with Crippen LogP contribution in [0.3, 0.4) is 0 Å². The van der Waals surface area contributed by atoms with Gasteiger partial charge in [0.2, 0.25) is 7.37 Å². The van der Waals surface area contributed by atoms with E-state index in [0.29, 0.717) is 0 Å². The fourth-order valence-electron chi connectivity index (χ4n) is 3.89. The molecule has 0 saturated heterocycles. The number of hydrogen-bond donors (Lipinski definition) is 3. The summed E-state index contributed by atoms with van der Waals surface area (Å²) in [5.41, 5.74) is -0.780. The zero-order valence-corrected chi connectivity index (χ0v) is 22.1. The maximum Gasteiger partial charge on any atom is 0.341 e. The Morgan fingerprint density at radius 1 is 1.06 bits per heavy atom. The van der Waals surface area contributed by atoms with Gasteiger partial charge in [-0.1, -0.05) is 41.5 Å². The lowest BCUT2D eigenvalue weighted by atomic mass is 9.81. The number of rotatable bonds is 12. The fraction of sp³-hybridized carbons (Fsp3) is 0.636. The minimum Gasteiger partial charge on any atom is -0.481 e. The minimum atomic E-state index is -4.92. The quantitative estimate of drug-likeness (QED) is 0.210. The standard InChI is InChI=1S/C22H36O9P2/c1-8-22(9-2,33(27,28)29)32(26,30-10-3)16-11-12-18(31-20(25)15(4)5)17(13-16)21(6,7)14-19(23)24/h11-13,15H,8-10,14H2,1-7H3,(H,23,24)(H2,27,28,29).